The zero-order chi connectivity index (χ0) is 25.2. The van der Waals surface area contributed by atoms with E-state index in [1.165, 1.54) is 32.0 Å². The van der Waals surface area contributed by atoms with E-state index in [1.807, 2.05) is 0 Å². The van der Waals surface area contributed by atoms with Crippen molar-refractivity contribution < 1.29 is 22.3 Å². The maximum atomic E-state index is 13.3. The van der Waals surface area contributed by atoms with Crippen LogP contribution in [0.1, 0.15) is 18.6 Å². The van der Waals surface area contributed by atoms with E-state index < -0.39 is 32.9 Å². The Hall–Kier alpha value is -3.72. The third kappa shape index (κ3) is 5.05. The lowest BCUT2D eigenvalue weighted by Gasteiger charge is -2.25. The van der Waals surface area contributed by atoms with Crippen LogP contribution in [0, 0.1) is 5.82 Å². The third-order valence-corrected chi connectivity index (χ3v) is 7.35. The summed E-state index contributed by atoms with van der Waals surface area (Å²) in [5.74, 6) is -0.157. The number of methoxy groups -OCH3 is 2. The van der Waals surface area contributed by atoms with Gasteiger partial charge in [-0.2, -0.15) is 5.10 Å². The quantitative estimate of drug-likeness (QED) is 0.436. The molecule has 0 saturated heterocycles. The highest BCUT2D eigenvalue weighted by molar-refractivity contribution is 7.91. The number of hydrogen-bond acceptors (Lipinski definition) is 11. The van der Waals surface area contributed by atoms with Gasteiger partial charge in [-0.1, -0.05) is 0 Å². The van der Waals surface area contributed by atoms with E-state index >= 15 is 0 Å². The van der Waals surface area contributed by atoms with Gasteiger partial charge in [0.25, 0.3) is 0 Å². The molecule has 35 heavy (non-hydrogen) atoms. The van der Waals surface area contributed by atoms with Gasteiger partial charge in [0.05, 0.1) is 31.1 Å². The summed E-state index contributed by atoms with van der Waals surface area (Å²) in [5, 5.41) is 14.8. The third-order valence-electron chi connectivity index (χ3n) is 5.30. The van der Waals surface area contributed by atoms with E-state index in [0.717, 1.165) is 12.4 Å². The van der Waals surface area contributed by atoms with Gasteiger partial charge in [-0.25, -0.2) is 27.8 Å². The summed E-state index contributed by atoms with van der Waals surface area (Å²) in [4.78, 5) is 12.0. The number of ether oxygens (including phenoxy) is 2. The number of rotatable bonds is 9. The van der Waals surface area contributed by atoms with Crippen LogP contribution >= 0.6 is 0 Å². The Morgan fingerprint density at radius 3 is 2.60 bits per heavy atom. The van der Waals surface area contributed by atoms with Crippen LogP contribution < -0.4 is 5.32 Å². The van der Waals surface area contributed by atoms with Gasteiger partial charge in [0.15, 0.2) is 33.5 Å². The molecule has 186 valence electrons. The summed E-state index contributed by atoms with van der Waals surface area (Å²) in [5.41, 5.74) is 0.826. The first kappa shape index (κ1) is 24.4. The molecule has 2 atom stereocenters. The maximum Gasteiger partial charge on any atom is 0.217 e. The molecule has 0 saturated carbocycles. The zero-order valence-electron chi connectivity index (χ0n) is 19.5. The minimum absolute atomic E-state index is 0.00239. The Bertz CT molecular complexity index is 1370. The van der Waals surface area contributed by atoms with Gasteiger partial charge in [0, 0.05) is 26.8 Å². The van der Waals surface area contributed by atoms with Crippen LogP contribution in [-0.2, 0) is 38.5 Å². The molecule has 4 heterocycles. The highest BCUT2D eigenvalue weighted by Crippen LogP contribution is 2.29. The molecule has 0 fully saturated rings. The number of aromatic nitrogens is 7. The Morgan fingerprint density at radius 1 is 1.23 bits per heavy atom. The van der Waals surface area contributed by atoms with Crippen molar-refractivity contribution in [1.82, 2.24) is 39.8 Å². The first-order chi connectivity index (χ1) is 16.7. The molecule has 3 aromatic rings. The summed E-state index contributed by atoms with van der Waals surface area (Å²) in [6, 6.07) is 1.72. The van der Waals surface area contributed by atoms with Crippen LogP contribution in [0.5, 0.6) is 0 Å². The van der Waals surface area contributed by atoms with Crippen LogP contribution in [0.15, 0.2) is 35.5 Å². The molecule has 0 radical (unpaired) electrons. The van der Waals surface area contributed by atoms with Gasteiger partial charge in [0.2, 0.25) is 5.88 Å². The standard InChI is InChI=1S/C20H24FN9O4S/c1-12(7-15-22-8-13(21)9-23-15)35(31,32)10-16-26-27-18(14-5-6-29(2)28-14)30(16)17-19(33-3)24-11-25-20(17)34-4/h5-6,8-9,11-12,19H,7,10H2,1-4H3,(H,24,25)/t12-,19?/m0/s1. The Balaban J connectivity index is 1.75. The van der Waals surface area contributed by atoms with Crippen molar-refractivity contribution in [2.45, 2.75) is 30.6 Å². The first-order valence-corrected chi connectivity index (χ1v) is 12.2. The topological polar surface area (TPSA) is 151 Å². The Morgan fingerprint density at radius 2 is 1.97 bits per heavy atom. The van der Waals surface area contributed by atoms with Crippen LogP contribution in [-0.4, -0.2) is 75.0 Å². The molecule has 0 spiro atoms. The summed E-state index contributed by atoms with van der Waals surface area (Å²) in [6.45, 7) is 1.53. The number of hydrogen-bond donors (Lipinski definition) is 1. The fraction of sp³-hybridized carbons (Fsp3) is 0.400. The van der Waals surface area contributed by atoms with Crippen LogP contribution in [0.3, 0.4) is 0 Å². The van der Waals surface area contributed by atoms with Gasteiger partial charge in [-0.05, 0) is 13.0 Å². The summed E-state index contributed by atoms with van der Waals surface area (Å²) in [6.07, 6.45) is 4.32. The van der Waals surface area contributed by atoms with Crippen molar-refractivity contribution in [3.8, 4) is 11.5 Å². The molecule has 0 bridgehead atoms. The van der Waals surface area contributed by atoms with Crippen molar-refractivity contribution in [3.05, 3.63) is 48.0 Å². The van der Waals surface area contributed by atoms with E-state index in [1.54, 1.807) is 24.0 Å². The van der Waals surface area contributed by atoms with Gasteiger partial charge in [0.1, 0.15) is 23.0 Å². The zero-order valence-corrected chi connectivity index (χ0v) is 20.3. The summed E-state index contributed by atoms with van der Waals surface area (Å²) < 4.78 is 53.8. The second kappa shape index (κ2) is 9.87. The van der Waals surface area contributed by atoms with Crippen molar-refractivity contribution in [2.75, 3.05) is 14.2 Å². The molecular weight excluding hydrogens is 481 g/mol. The molecular formula is C20H24FN9O4S. The lowest BCUT2D eigenvalue weighted by atomic mass is 10.3. The number of aliphatic imine (C=N–C) groups is 1. The summed E-state index contributed by atoms with van der Waals surface area (Å²) in [7, 11) is 0.892. The molecule has 1 aliphatic heterocycles. The second-order valence-corrected chi connectivity index (χ2v) is 10.1. The molecule has 0 amide bonds. The Labute approximate surface area is 200 Å². The fourth-order valence-corrected chi connectivity index (χ4v) is 4.72. The molecule has 1 unspecified atom stereocenters. The van der Waals surface area contributed by atoms with Crippen molar-refractivity contribution in [1.29, 1.82) is 0 Å². The Kier molecular flexibility index (Phi) is 6.88. The molecule has 0 aromatic carbocycles. The van der Waals surface area contributed by atoms with Gasteiger partial charge in [-0.3, -0.25) is 9.25 Å². The van der Waals surface area contributed by atoms with E-state index in [-0.39, 0.29) is 29.8 Å². The summed E-state index contributed by atoms with van der Waals surface area (Å²) >= 11 is 0. The first-order valence-electron chi connectivity index (χ1n) is 10.4. The monoisotopic (exact) mass is 505 g/mol. The highest BCUT2D eigenvalue weighted by Gasteiger charge is 2.33. The molecule has 3 aromatic heterocycles. The molecule has 1 N–H and O–H groups in total. The van der Waals surface area contributed by atoms with Crippen molar-refractivity contribution >= 4 is 21.9 Å². The van der Waals surface area contributed by atoms with Crippen molar-refractivity contribution in [3.63, 3.8) is 0 Å². The minimum atomic E-state index is -3.78. The van der Waals surface area contributed by atoms with E-state index in [9.17, 15) is 12.8 Å². The normalized spacial score (nSPS) is 16.9. The number of halogens is 1. The lowest BCUT2D eigenvalue weighted by Crippen LogP contribution is -2.31. The second-order valence-electron chi connectivity index (χ2n) is 7.72. The molecule has 4 rings (SSSR count). The fourth-order valence-electron chi connectivity index (χ4n) is 3.48. The lowest BCUT2D eigenvalue weighted by molar-refractivity contribution is 0.142. The average molecular weight is 506 g/mol. The largest absolute Gasteiger partial charge is 0.481 e. The number of aryl methyl sites for hydroxylation is 1. The van der Waals surface area contributed by atoms with Crippen LogP contribution in [0.4, 0.5) is 4.39 Å². The average Bonchev–Trinajstić information content (AvgIpc) is 3.45. The van der Waals surface area contributed by atoms with Gasteiger partial charge < -0.3 is 14.8 Å². The van der Waals surface area contributed by atoms with E-state index in [4.69, 9.17) is 9.47 Å². The predicted octanol–water partition coefficient (Wildman–Crippen LogP) is 0.530. The minimum Gasteiger partial charge on any atom is -0.481 e. The molecule has 1 aliphatic rings. The highest BCUT2D eigenvalue weighted by atomic mass is 32.2. The van der Waals surface area contributed by atoms with Gasteiger partial charge in [-0.15, -0.1) is 10.2 Å². The number of nitrogens with zero attached hydrogens (tertiary/aromatic N) is 8. The van der Waals surface area contributed by atoms with Gasteiger partial charge >= 0.3 is 0 Å². The predicted molar refractivity (Wildman–Crippen MR) is 123 cm³/mol. The van der Waals surface area contributed by atoms with Crippen LogP contribution in [0.2, 0.25) is 0 Å². The van der Waals surface area contributed by atoms with E-state index in [0.29, 0.717) is 11.4 Å². The molecule has 13 nitrogen and oxygen atoms in total. The molecule has 0 aliphatic carbocycles. The number of sulfone groups is 1. The maximum absolute atomic E-state index is 13.3. The molecule has 15 heteroatoms. The SMILES string of the molecule is COC1=C(n2c(CS(=O)(=O)[C@@H](C)Cc3ncc(F)cn3)nnc2-c2ccn(C)n2)C(OC)N=CN1. The van der Waals surface area contributed by atoms with Crippen LogP contribution in [0.25, 0.3) is 17.2 Å². The number of nitrogens with one attached hydrogen (secondary N) is 1. The smallest absolute Gasteiger partial charge is 0.217 e. The van der Waals surface area contributed by atoms with E-state index in [2.05, 4.69) is 35.6 Å². The van der Waals surface area contributed by atoms with Crippen molar-refractivity contribution in [2.24, 2.45) is 12.0 Å².